The molecule has 0 saturated heterocycles. The van der Waals surface area contributed by atoms with Gasteiger partial charge < -0.3 is 14.8 Å². The second kappa shape index (κ2) is 9.53. The van der Waals surface area contributed by atoms with E-state index >= 15 is 0 Å². The SMILES string of the molecule is O=C(O)c1cccc(-c2ccc(Cn3c(CO)cnc3CCCCCl)cc2)c1. The average Bonchev–Trinajstić information content (AvgIpc) is 3.10. The van der Waals surface area contributed by atoms with Crippen LogP contribution in [-0.2, 0) is 19.6 Å². The molecule has 6 heteroatoms. The first-order valence-electron chi connectivity index (χ1n) is 9.25. The van der Waals surface area contributed by atoms with Gasteiger partial charge in [-0.2, -0.15) is 0 Å². The lowest BCUT2D eigenvalue weighted by Gasteiger charge is -2.12. The highest BCUT2D eigenvalue weighted by atomic mass is 35.5. The number of halogens is 1. The van der Waals surface area contributed by atoms with E-state index in [0.717, 1.165) is 47.5 Å². The summed E-state index contributed by atoms with van der Waals surface area (Å²) in [6.45, 7) is 0.574. The fourth-order valence-corrected chi connectivity index (χ4v) is 3.36. The summed E-state index contributed by atoms with van der Waals surface area (Å²) in [5, 5.41) is 18.8. The molecule has 0 unspecified atom stereocenters. The number of carboxylic acids is 1. The maximum absolute atomic E-state index is 11.2. The molecule has 0 bridgehead atoms. The van der Waals surface area contributed by atoms with Crippen molar-refractivity contribution < 1.29 is 15.0 Å². The molecule has 0 saturated carbocycles. The molecule has 0 aliphatic heterocycles. The maximum atomic E-state index is 11.2. The Kier molecular flexibility index (Phi) is 6.85. The molecule has 0 spiro atoms. The summed E-state index contributed by atoms with van der Waals surface area (Å²) in [5.74, 6) is 0.655. The fraction of sp³-hybridized carbons (Fsp3) is 0.273. The third-order valence-corrected chi connectivity index (χ3v) is 4.97. The van der Waals surface area contributed by atoms with Crippen molar-refractivity contribution in [1.29, 1.82) is 0 Å². The molecule has 0 radical (unpaired) electrons. The van der Waals surface area contributed by atoms with Gasteiger partial charge in [0.1, 0.15) is 5.82 Å². The number of nitrogens with zero attached hydrogens (tertiary/aromatic N) is 2. The lowest BCUT2D eigenvalue weighted by atomic mass is 10.0. The highest BCUT2D eigenvalue weighted by Gasteiger charge is 2.10. The van der Waals surface area contributed by atoms with Gasteiger partial charge in [-0.05, 0) is 41.7 Å². The van der Waals surface area contributed by atoms with Crippen molar-refractivity contribution in [1.82, 2.24) is 9.55 Å². The standard InChI is InChI=1S/C22H23ClN2O3/c23-11-2-1-6-21-24-13-20(15-26)25(21)14-16-7-9-17(10-8-16)18-4-3-5-19(12-18)22(27)28/h3-5,7-10,12-13,26H,1-2,6,11,14-15H2,(H,27,28). The quantitative estimate of drug-likeness (QED) is 0.415. The Morgan fingerprint density at radius 3 is 2.54 bits per heavy atom. The van der Waals surface area contributed by atoms with E-state index in [-0.39, 0.29) is 12.2 Å². The highest BCUT2D eigenvalue weighted by Crippen LogP contribution is 2.22. The molecule has 0 fully saturated rings. The molecule has 3 aromatic rings. The van der Waals surface area contributed by atoms with E-state index < -0.39 is 5.97 Å². The summed E-state index contributed by atoms with van der Waals surface area (Å²) >= 11 is 5.76. The van der Waals surface area contributed by atoms with Crippen LogP contribution in [0.3, 0.4) is 0 Å². The molecule has 1 aromatic heterocycles. The summed E-state index contributed by atoms with van der Waals surface area (Å²) in [6.07, 6.45) is 4.45. The van der Waals surface area contributed by atoms with E-state index in [1.54, 1.807) is 24.4 Å². The first-order chi connectivity index (χ1) is 13.6. The third kappa shape index (κ3) is 4.80. The molecule has 0 amide bonds. The lowest BCUT2D eigenvalue weighted by Crippen LogP contribution is -2.09. The van der Waals surface area contributed by atoms with Gasteiger partial charge in [0.15, 0.2) is 0 Å². The zero-order valence-electron chi connectivity index (χ0n) is 15.5. The zero-order chi connectivity index (χ0) is 19.9. The Morgan fingerprint density at radius 1 is 1.07 bits per heavy atom. The average molecular weight is 399 g/mol. The Morgan fingerprint density at radius 2 is 1.86 bits per heavy atom. The van der Waals surface area contributed by atoms with Crippen molar-refractivity contribution in [2.75, 3.05) is 5.88 Å². The second-order valence-electron chi connectivity index (χ2n) is 6.64. The van der Waals surface area contributed by atoms with Gasteiger partial charge in [-0.15, -0.1) is 11.6 Å². The van der Waals surface area contributed by atoms with Crippen molar-refractivity contribution in [2.45, 2.75) is 32.4 Å². The van der Waals surface area contributed by atoms with Crippen LogP contribution >= 0.6 is 11.6 Å². The number of imidazole rings is 1. The predicted molar refractivity (Wildman–Crippen MR) is 110 cm³/mol. The van der Waals surface area contributed by atoms with Crippen LogP contribution in [0.5, 0.6) is 0 Å². The predicted octanol–water partition coefficient (Wildman–Crippen LogP) is 4.35. The number of aromatic carboxylic acids is 1. The number of carboxylic acid groups (broad SMARTS) is 1. The van der Waals surface area contributed by atoms with Crippen molar-refractivity contribution in [3.8, 4) is 11.1 Å². The monoisotopic (exact) mass is 398 g/mol. The van der Waals surface area contributed by atoms with Gasteiger partial charge >= 0.3 is 5.97 Å². The molecule has 0 aliphatic carbocycles. The van der Waals surface area contributed by atoms with Crippen molar-refractivity contribution in [3.63, 3.8) is 0 Å². The molecular weight excluding hydrogens is 376 g/mol. The minimum absolute atomic E-state index is 0.0530. The normalized spacial score (nSPS) is 10.9. The Labute approximate surface area is 169 Å². The number of aliphatic hydroxyl groups is 1. The van der Waals surface area contributed by atoms with Crippen molar-refractivity contribution in [2.24, 2.45) is 0 Å². The van der Waals surface area contributed by atoms with Crippen LogP contribution in [-0.4, -0.2) is 31.6 Å². The number of hydrogen-bond donors (Lipinski definition) is 2. The van der Waals surface area contributed by atoms with E-state index in [9.17, 15) is 9.90 Å². The summed E-state index contributed by atoms with van der Waals surface area (Å²) in [7, 11) is 0. The molecule has 3 rings (SSSR count). The van der Waals surface area contributed by atoms with Gasteiger partial charge in [-0.3, -0.25) is 0 Å². The number of rotatable bonds is 9. The number of aryl methyl sites for hydroxylation is 1. The van der Waals surface area contributed by atoms with Crippen LogP contribution in [0.2, 0.25) is 0 Å². The Bertz CT molecular complexity index is 935. The summed E-state index contributed by atoms with van der Waals surface area (Å²) in [6, 6.07) is 14.9. The first-order valence-corrected chi connectivity index (χ1v) is 9.78. The van der Waals surface area contributed by atoms with E-state index in [0.29, 0.717) is 12.4 Å². The summed E-state index contributed by atoms with van der Waals surface area (Å²) in [4.78, 5) is 15.6. The van der Waals surface area contributed by atoms with Crippen molar-refractivity contribution in [3.05, 3.63) is 77.4 Å². The van der Waals surface area contributed by atoms with Gasteiger partial charge in [0.25, 0.3) is 0 Å². The number of unbranched alkanes of at least 4 members (excludes halogenated alkanes) is 1. The summed E-state index contributed by atoms with van der Waals surface area (Å²) < 4.78 is 2.05. The van der Waals surface area contributed by atoms with E-state index in [2.05, 4.69) is 4.98 Å². The molecule has 0 aliphatic rings. The third-order valence-electron chi connectivity index (χ3n) is 4.70. The van der Waals surface area contributed by atoms with Crippen LogP contribution in [0.25, 0.3) is 11.1 Å². The topological polar surface area (TPSA) is 75.3 Å². The fourth-order valence-electron chi connectivity index (χ4n) is 3.17. The molecule has 1 heterocycles. The minimum atomic E-state index is -0.934. The van der Waals surface area contributed by atoms with E-state index in [1.807, 2.05) is 34.9 Å². The molecule has 28 heavy (non-hydrogen) atoms. The van der Waals surface area contributed by atoms with Crippen LogP contribution in [0.1, 0.15) is 40.3 Å². The maximum Gasteiger partial charge on any atom is 0.335 e. The largest absolute Gasteiger partial charge is 0.478 e. The number of hydrogen-bond acceptors (Lipinski definition) is 3. The zero-order valence-corrected chi connectivity index (χ0v) is 16.3. The molecule has 5 nitrogen and oxygen atoms in total. The molecule has 2 aromatic carbocycles. The first kappa shape index (κ1) is 20.1. The van der Waals surface area contributed by atoms with Gasteiger partial charge in [-0.1, -0.05) is 36.4 Å². The van der Waals surface area contributed by atoms with Crippen LogP contribution in [0.4, 0.5) is 0 Å². The van der Waals surface area contributed by atoms with Gasteiger partial charge in [0.2, 0.25) is 0 Å². The second-order valence-corrected chi connectivity index (χ2v) is 7.02. The highest BCUT2D eigenvalue weighted by molar-refractivity contribution is 6.17. The Hall–Kier alpha value is -2.63. The number of alkyl halides is 1. The van der Waals surface area contributed by atoms with Gasteiger partial charge in [-0.25, -0.2) is 9.78 Å². The minimum Gasteiger partial charge on any atom is -0.478 e. The van der Waals surface area contributed by atoms with E-state index in [4.69, 9.17) is 16.7 Å². The number of aliphatic hydroxyl groups excluding tert-OH is 1. The summed E-state index contributed by atoms with van der Waals surface area (Å²) in [5.41, 5.74) is 3.98. The number of aromatic nitrogens is 2. The van der Waals surface area contributed by atoms with Crippen molar-refractivity contribution >= 4 is 17.6 Å². The molecule has 0 atom stereocenters. The van der Waals surface area contributed by atoms with Crippen LogP contribution < -0.4 is 0 Å². The number of carbonyl (C=O) groups is 1. The van der Waals surface area contributed by atoms with Gasteiger partial charge in [0.05, 0.1) is 24.1 Å². The smallest absolute Gasteiger partial charge is 0.335 e. The molecule has 2 N–H and O–H groups in total. The van der Waals surface area contributed by atoms with Crippen LogP contribution in [0, 0.1) is 0 Å². The van der Waals surface area contributed by atoms with E-state index in [1.165, 1.54) is 0 Å². The Balaban J connectivity index is 1.78. The van der Waals surface area contributed by atoms with Crippen LogP contribution in [0.15, 0.2) is 54.7 Å². The molecule has 146 valence electrons. The number of benzene rings is 2. The van der Waals surface area contributed by atoms with Gasteiger partial charge in [0, 0.05) is 18.8 Å². The lowest BCUT2D eigenvalue weighted by molar-refractivity contribution is 0.0697. The molecular formula is C22H23ClN2O3.